The van der Waals surface area contributed by atoms with Crippen molar-refractivity contribution in [2.45, 2.75) is 25.9 Å². The van der Waals surface area contributed by atoms with Crippen molar-refractivity contribution in [2.75, 3.05) is 13.6 Å². The third kappa shape index (κ3) is 2.75. The van der Waals surface area contributed by atoms with Gasteiger partial charge in [0.15, 0.2) is 0 Å². The minimum absolute atomic E-state index is 0. The summed E-state index contributed by atoms with van der Waals surface area (Å²) >= 11 is 1.72. The number of rotatable bonds is 3. The standard InChI is InChI=1S/C11H16N2OS.ClH/c1-8-4-6-15-10(8)7-13(2)11(14)9-3-5-12-9;/h4,6,9,12H,3,5,7H2,1-2H3;1H/t9-;/m1./s1. The molecule has 1 aromatic rings. The summed E-state index contributed by atoms with van der Waals surface area (Å²) in [5.41, 5.74) is 1.28. The van der Waals surface area contributed by atoms with Gasteiger partial charge in [-0.15, -0.1) is 23.7 Å². The second kappa shape index (κ2) is 5.66. The van der Waals surface area contributed by atoms with Crippen molar-refractivity contribution < 1.29 is 4.79 Å². The van der Waals surface area contributed by atoms with Crippen LogP contribution in [0.15, 0.2) is 11.4 Å². The molecule has 5 heteroatoms. The summed E-state index contributed by atoms with van der Waals surface area (Å²) < 4.78 is 0. The summed E-state index contributed by atoms with van der Waals surface area (Å²) in [4.78, 5) is 14.9. The van der Waals surface area contributed by atoms with Gasteiger partial charge in [0.25, 0.3) is 0 Å². The summed E-state index contributed by atoms with van der Waals surface area (Å²) in [6, 6.07) is 2.16. The van der Waals surface area contributed by atoms with Gasteiger partial charge in [0.1, 0.15) is 0 Å². The van der Waals surface area contributed by atoms with E-state index in [9.17, 15) is 4.79 Å². The minimum Gasteiger partial charge on any atom is -0.339 e. The Morgan fingerprint density at radius 2 is 2.38 bits per heavy atom. The van der Waals surface area contributed by atoms with Gasteiger partial charge >= 0.3 is 0 Å². The third-order valence-electron chi connectivity index (χ3n) is 2.85. The number of carbonyl (C=O) groups is 1. The molecule has 3 nitrogen and oxygen atoms in total. The van der Waals surface area contributed by atoms with Crippen LogP contribution >= 0.6 is 23.7 Å². The number of likely N-dealkylation sites (N-methyl/N-ethyl adjacent to an activating group) is 1. The van der Waals surface area contributed by atoms with Gasteiger partial charge in [0.05, 0.1) is 12.6 Å². The Balaban J connectivity index is 0.00000128. The molecule has 1 amide bonds. The summed E-state index contributed by atoms with van der Waals surface area (Å²) in [5, 5.41) is 5.21. The molecule has 1 atom stereocenters. The molecule has 1 fully saturated rings. The molecule has 2 rings (SSSR count). The van der Waals surface area contributed by atoms with Crippen LogP contribution in [-0.4, -0.2) is 30.4 Å². The van der Waals surface area contributed by atoms with Crippen LogP contribution in [0.4, 0.5) is 0 Å². The number of halogens is 1. The molecule has 1 aliphatic rings. The maximum Gasteiger partial charge on any atom is 0.239 e. The number of hydrogen-bond acceptors (Lipinski definition) is 3. The van der Waals surface area contributed by atoms with Gasteiger partial charge in [-0.05, 0) is 36.9 Å². The minimum atomic E-state index is 0. The van der Waals surface area contributed by atoms with Crippen LogP contribution in [0.3, 0.4) is 0 Å². The first-order chi connectivity index (χ1) is 7.18. The Kier molecular flexibility index (Phi) is 4.77. The quantitative estimate of drug-likeness (QED) is 0.899. The van der Waals surface area contributed by atoms with Crippen molar-refractivity contribution in [3.63, 3.8) is 0 Å². The molecule has 0 saturated carbocycles. The van der Waals surface area contributed by atoms with E-state index in [1.165, 1.54) is 10.4 Å². The second-order valence-electron chi connectivity index (χ2n) is 4.02. The Hall–Kier alpha value is -0.580. The fraction of sp³-hybridized carbons (Fsp3) is 0.545. The highest BCUT2D eigenvalue weighted by Crippen LogP contribution is 2.18. The smallest absolute Gasteiger partial charge is 0.239 e. The lowest BCUT2D eigenvalue weighted by Crippen LogP contribution is -2.53. The second-order valence-corrected chi connectivity index (χ2v) is 5.02. The molecule has 90 valence electrons. The molecule has 1 N–H and O–H groups in total. The van der Waals surface area contributed by atoms with Crippen LogP contribution in [0, 0.1) is 6.92 Å². The normalized spacial score (nSPS) is 18.5. The number of hydrogen-bond donors (Lipinski definition) is 1. The van der Waals surface area contributed by atoms with Crippen molar-refractivity contribution in [2.24, 2.45) is 0 Å². The number of carbonyl (C=O) groups excluding carboxylic acids is 1. The van der Waals surface area contributed by atoms with Crippen molar-refractivity contribution in [3.05, 3.63) is 21.9 Å². The molecule has 0 aliphatic carbocycles. The van der Waals surface area contributed by atoms with Gasteiger partial charge in [-0.2, -0.15) is 0 Å². The largest absolute Gasteiger partial charge is 0.339 e. The summed E-state index contributed by atoms with van der Waals surface area (Å²) in [6.45, 7) is 3.80. The molecular formula is C11H17ClN2OS. The van der Waals surface area contributed by atoms with Crippen molar-refractivity contribution in [1.29, 1.82) is 0 Å². The first-order valence-corrected chi connectivity index (χ1v) is 6.08. The topological polar surface area (TPSA) is 32.3 Å². The number of nitrogens with one attached hydrogen (secondary N) is 1. The van der Waals surface area contributed by atoms with E-state index in [-0.39, 0.29) is 24.4 Å². The Labute approximate surface area is 106 Å². The lowest BCUT2D eigenvalue weighted by Gasteiger charge is -2.30. The lowest BCUT2D eigenvalue weighted by molar-refractivity contribution is -0.134. The van der Waals surface area contributed by atoms with E-state index < -0.39 is 0 Å². The maximum absolute atomic E-state index is 11.8. The summed E-state index contributed by atoms with van der Waals surface area (Å²) in [5.74, 6) is 0.217. The van der Waals surface area contributed by atoms with Gasteiger partial charge in [0, 0.05) is 11.9 Å². The number of nitrogens with zero attached hydrogens (tertiary/aromatic N) is 1. The molecule has 0 unspecified atom stereocenters. The van der Waals surface area contributed by atoms with Gasteiger partial charge in [-0.1, -0.05) is 0 Å². The van der Waals surface area contributed by atoms with E-state index in [0.29, 0.717) is 0 Å². The molecule has 0 aromatic carbocycles. The van der Waals surface area contributed by atoms with Crippen LogP contribution in [0.5, 0.6) is 0 Å². The van der Waals surface area contributed by atoms with Gasteiger partial charge in [-0.25, -0.2) is 0 Å². The number of thiophene rings is 1. The number of amides is 1. The van der Waals surface area contributed by atoms with Crippen LogP contribution < -0.4 is 5.32 Å². The predicted octanol–water partition coefficient (Wildman–Crippen LogP) is 1.80. The maximum atomic E-state index is 11.8. The fourth-order valence-corrected chi connectivity index (χ4v) is 2.58. The molecule has 0 bridgehead atoms. The number of aryl methyl sites for hydroxylation is 1. The third-order valence-corrected chi connectivity index (χ3v) is 3.85. The highest BCUT2D eigenvalue weighted by Gasteiger charge is 2.27. The predicted molar refractivity (Wildman–Crippen MR) is 69.2 cm³/mol. The van der Waals surface area contributed by atoms with E-state index >= 15 is 0 Å². The monoisotopic (exact) mass is 260 g/mol. The highest BCUT2D eigenvalue weighted by molar-refractivity contribution is 7.10. The lowest BCUT2D eigenvalue weighted by atomic mass is 10.1. The van der Waals surface area contributed by atoms with Crippen molar-refractivity contribution in [3.8, 4) is 0 Å². The zero-order valence-corrected chi connectivity index (χ0v) is 11.2. The molecule has 1 aromatic heterocycles. The summed E-state index contributed by atoms with van der Waals surface area (Å²) in [6.07, 6.45) is 0.979. The first kappa shape index (κ1) is 13.5. The summed E-state index contributed by atoms with van der Waals surface area (Å²) in [7, 11) is 1.88. The average Bonchev–Trinajstić information content (AvgIpc) is 2.49. The zero-order chi connectivity index (χ0) is 10.8. The Bertz CT molecular complexity index is 363. The molecule has 1 saturated heterocycles. The first-order valence-electron chi connectivity index (χ1n) is 5.20. The Morgan fingerprint density at radius 3 is 2.81 bits per heavy atom. The zero-order valence-electron chi connectivity index (χ0n) is 9.53. The van der Waals surface area contributed by atoms with E-state index in [0.717, 1.165) is 19.5 Å². The van der Waals surface area contributed by atoms with E-state index in [4.69, 9.17) is 0 Å². The molecule has 1 aliphatic heterocycles. The van der Waals surface area contributed by atoms with Crippen molar-refractivity contribution in [1.82, 2.24) is 10.2 Å². The van der Waals surface area contributed by atoms with Gasteiger partial charge in [0.2, 0.25) is 5.91 Å². The molecule has 0 radical (unpaired) electrons. The fourth-order valence-electron chi connectivity index (χ4n) is 1.62. The van der Waals surface area contributed by atoms with Crippen LogP contribution in [-0.2, 0) is 11.3 Å². The van der Waals surface area contributed by atoms with Crippen LogP contribution in [0.2, 0.25) is 0 Å². The van der Waals surface area contributed by atoms with Gasteiger partial charge < -0.3 is 10.2 Å². The van der Waals surface area contributed by atoms with Crippen molar-refractivity contribution >= 4 is 29.7 Å². The van der Waals surface area contributed by atoms with Crippen LogP contribution in [0.1, 0.15) is 16.9 Å². The van der Waals surface area contributed by atoms with Gasteiger partial charge in [-0.3, -0.25) is 4.79 Å². The highest BCUT2D eigenvalue weighted by atomic mass is 35.5. The molecular weight excluding hydrogens is 244 g/mol. The average molecular weight is 261 g/mol. The van der Waals surface area contributed by atoms with Crippen LogP contribution in [0.25, 0.3) is 0 Å². The Morgan fingerprint density at radius 1 is 1.69 bits per heavy atom. The SMILES string of the molecule is Cc1ccsc1CN(C)C(=O)[C@H]1CCN1.Cl. The molecule has 16 heavy (non-hydrogen) atoms. The van der Waals surface area contributed by atoms with E-state index in [2.05, 4.69) is 23.7 Å². The molecule has 2 heterocycles. The van der Waals surface area contributed by atoms with E-state index in [1.54, 1.807) is 11.3 Å². The molecule has 0 spiro atoms. The van der Waals surface area contributed by atoms with E-state index in [1.807, 2.05) is 11.9 Å².